The van der Waals surface area contributed by atoms with Gasteiger partial charge in [-0.1, -0.05) is 20.3 Å². The van der Waals surface area contributed by atoms with Gasteiger partial charge in [-0.2, -0.15) is 0 Å². The number of rotatable bonds is 5. The third-order valence-corrected chi connectivity index (χ3v) is 2.56. The Bertz CT molecular complexity index is 322. The molecule has 0 amide bonds. The first-order valence-electron chi connectivity index (χ1n) is 5.30. The molecule has 0 bridgehead atoms. The molecule has 0 saturated carbocycles. The van der Waals surface area contributed by atoms with Gasteiger partial charge in [-0.05, 0) is 5.92 Å². The van der Waals surface area contributed by atoms with Crippen molar-refractivity contribution in [2.24, 2.45) is 5.92 Å². The van der Waals surface area contributed by atoms with Crippen molar-refractivity contribution in [1.29, 1.82) is 0 Å². The zero-order valence-corrected chi connectivity index (χ0v) is 9.41. The van der Waals surface area contributed by atoms with Gasteiger partial charge in [0.15, 0.2) is 0 Å². The Morgan fingerprint density at radius 3 is 2.31 bits per heavy atom. The summed E-state index contributed by atoms with van der Waals surface area (Å²) in [5.74, 6) is -1.18. The average Bonchev–Trinajstić information content (AvgIpc) is 2.23. The number of benzene rings is 1. The summed E-state index contributed by atoms with van der Waals surface area (Å²) in [5, 5.41) is 9.61. The van der Waals surface area contributed by atoms with E-state index in [1.807, 2.05) is 13.8 Å². The zero-order valence-electron chi connectivity index (χ0n) is 9.41. The van der Waals surface area contributed by atoms with E-state index in [0.29, 0.717) is 0 Å². The van der Waals surface area contributed by atoms with Crippen molar-refractivity contribution in [3.05, 3.63) is 29.8 Å². The van der Waals surface area contributed by atoms with E-state index in [1.165, 1.54) is 0 Å². The van der Waals surface area contributed by atoms with Crippen LogP contribution in [0.5, 0.6) is 5.75 Å². The summed E-state index contributed by atoms with van der Waals surface area (Å²) in [4.78, 5) is 0. The fourth-order valence-corrected chi connectivity index (χ4v) is 1.23. The summed E-state index contributed by atoms with van der Waals surface area (Å²) in [6, 6.07) is 2.96. The molecule has 0 aliphatic carbocycles. The van der Waals surface area contributed by atoms with Gasteiger partial charge in [0, 0.05) is 18.2 Å². The standard InChI is InChI=1S/C12H16F2O2/c1-3-8(2)12(15)7-16-11-5-9(13)4-10(14)6-11/h4-6,8,12,15H,3,7H2,1-2H3. The monoisotopic (exact) mass is 230 g/mol. The van der Waals surface area contributed by atoms with E-state index in [1.54, 1.807) is 0 Å². The number of halogens is 2. The van der Waals surface area contributed by atoms with Gasteiger partial charge >= 0.3 is 0 Å². The lowest BCUT2D eigenvalue weighted by Crippen LogP contribution is -2.24. The molecule has 90 valence electrons. The minimum absolute atomic E-state index is 0.0396. The zero-order chi connectivity index (χ0) is 12.1. The van der Waals surface area contributed by atoms with Gasteiger partial charge in [0.1, 0.15) is 24.0 Å². The molecular formula is C12H16F2O2. The molecule has 1 aromatic rings. The van der Waals surface area contributed by atoms with E-state index in [4.69, 9.17) is 4.74 Å². The SMILES string of the molecule is CCC(C)C(O)COc1cc(F)cc(F)c1. The van der Waals surface area contributed by atoms with E-state index in [0.717, 1.165) is 24.6 Å². The Balaban J connectivity index is 2.54. The molecule has 0 fully saturated rings. The molecule has 0 aliphatic rings. The van der Waals surface area contributed by atoms with Crippen LogP contribution in [0, 0.1) is 17.6 Å². The van der Waals surface area contributed by atoms with Gasteiger partial charge < -0.3 is 9.84 Å². The maximum atomic E-state index is 12.8. The molecule has 2 atom stereocenters. The second-order valence-corrected chi connectivity index (χ2v) is 3.87. The van der Waals surface area contributed by atoms with E-state index < -0.39 is 17.7 Å². The second kappa shape index (κ2) is 5.80. The molecule has 1 aromatic carbocycles. The molecule has 4 heteroatoms. The highest BCUT2D eigenvalue weighted by atomic mass is 19.1. The largest absolute Gasteiger partial charge is 0.491 e. The average molecular weight is 230 g/mol. The lowest BCUT2D eigenvalue weighted by molar-refractivity contribution is 0.0619. The van der Waals surface area contributed by atoms with E-state index >= 15 is 0 Å². The summed E-state index contributed by atoms with van der Waals surface area (Å²) in [5.41, 5.74) is 0. The highest BCUT2D eigenvalue weighted by molar-refractivity contribution is 5.23. The number of ether oxygens (including phenoxy) is 1. The molecule has 0 heterocycles. The van der Waals surface area contributed by atoms with Gasteiger partial charge in [0.2, 0.25) is 0 Å². The fourth-order valence-electron chi connectivity index (χ4n) is 1.23. The summed E-state index contributed by atoms with van der Waals surface area (Å²) in [6.07, 6.45) is 0.193. The van der Waals surface area contributed by atoms with E-state index in [2.05, 4.69) is 0 Å². The number of aliphatic hydroxyl groups excluding tert-OH is 1. The minimum Gasteiger partial charge on any atom is -0.491 e. The summed E-state index contributed by atoms with van der Waals surface area (Å²) in [6.45, 7) is 3.88. The maximum Gasteiger partial charge on any atom is 0.129 e. The van der Waals surface area contributed by atoms with Crippen molar-refractivity contribution < 1.29 is 18.6 Å². The van der Waals surface area contributed by atoms with Crippen LogP contribution in [-0.4, -0.2) is 17.8 Å². The first kappa shape index (κ1) is 12.9. The van der Waals surface area contributed by atoms with Crippen molar-refractivity contribution >= 4 is 0 Å². The number of hydrogen-bond acceptors (Lipinski definition) is 2. The van der Waals surface area contributed by atoms with Gasteiger partial charge in [0.05, 0.1) is 6.10 Å². The van der Waals surface area contributed by atoms with Crippen LogP contribution in [0.2, 0.25) is 0 Å². The third-order valence-electron chi connectivity index (χ3n) is 2.56. The van der Waals surface area contributed by atoms with Crippen LogP contribution < -0.4 is 4.74 Å². The number of aliphatic hydroxyl groups is 1. The maximum absolute atomic E-state index is 12.8. The molecule has 2 nitrogen and oxygen atoms in total. The molecule has 1 rings (SSSR count). The van der Waals surface area contributed by atoms with Crippen LogP contribution >= 0.6 is 0 Å². The molecule has 2 unspecified atom stereocenters. The van der Waals surface area contributed by atoms with Crippen molar-refractivity contribution in [2.45, 2.75) is 26.4 Å². The van der Waals surface area contributed by atoms with Gasteiger partial charge in [-0.3, -0.25) is 0 Å². The lowest BCUT2D eigenvalue weighted by atomic mass is 10.0. The van der Waals surface area contributed by atoms with Crippen molar-refractivity contribution in [2.75, 3.05) is 6.61 Å². The molecule has 0 radical (unpaired) electrons. The second-order valence-electron chi connectivity index (χ2n) is 3.87. The van der Waals surface area contributed by atoms with Gasteiger partial charge in [-0.25, -0.2) is 8.78 Å². The van der Waals surface area contributed by atoms with Crippen molar-refractivity contribution in [3.8, 4) is 5.75 Å². The minimum atomic E-state index is -0.687. The molecule has 0 spiro atoms. The number of hydrogen-bond donors (Lipinski definition) is 1. The molecule has 1 N–H and O–H groups in total. The Morgan fingerprint density at radius 1 is 1.25 bits per heavy atom. The quantitative estimate of drug-likeness (QED) is 0.842. The Kier molecular flexibility index (Phi) is 4.68. The first-order chi connectivity index (χ1) is 7.52. The van der Waals surface area contributed by atoms with Gasteiger partial charge in [-0.15, -0.1) is 0 Å². The van der Waals surface area contributed by atoms with Gasteiger partial charge in [0.25, 0.3) is 0 Å². The Labute approximate surface area is 93.9 Å². The summed E-state index contributed by atoms with van der Waals surface area (Å²) in [7, 11) is 0. The lowest BCUT2D eigenvalue weighted by Gasteiger charge is -2.17. The van der Waals surface area contributed by atoms with Crippen LogP contribution in [-0.2, 0) is 0 Å². The van der Waals surface area contributed by atoms with Crippen LogP contribution in [0.3, 0.4) is 0 Å². The van der Waals surface area contributed by atoms with Crippen molar-refractivity contribution in [1.82, 2.24) is 0 Å². The summed E-state index contributed by atoms with van der Waals surface area (Å²) >= 11 is 0. The molecule has 0 saturated heterocycles. The Hall–Kier alpha value is -1.16. The highest BCUT2D eigenvalue weighted by Crippen LogP contribution is 2.16. The predicted molar refractivity (Wildman–Crippen MR) is 57.3 cm³/mol. The van der Waals surface area contributed by atoms with E-state index in [-0.39, 0.29) is 18.3 Å². The van der Waals surface area contributed by atoms with Crippen LogP contribution in [0.1, 0.15) is 20.3 Å². The smallest absolute Gasteiger partial charge is 0.129 e. The normalized spacial score (nSPS) is 14.6. The summed E-state index contributed by atoms with van der Waals surface area (Å²) < 4.78 is 30.7. The van der Waals surface area contributed by atoms with Crippen molar-refractivity contribution in [3.63, 3.8) is 0 Å². The van der Waals surface area contributed by atoms with Crippen LogP contribution in [0.25, 0.3) is 0 Å². The molecule has 16 heavy (non-hydrogen) atoms. The highest BCUT2D eigenvalue weighted by Gasteiger charge is 2.13. The molecule has 0 aliphatic heterocycles. The third kappa shape index (κ3) is 3.77. The van der Waals surface area contributed by atoms with E-state index in [9.17, 15) is 13.9 Å². The fraction of sp³-hybridized carbons (Fsp3) is 0.500. The molecule has 0 aromatic heterocycles. The Morgan fingerprint density at radius 2 is 1.81 bits per heavy atom. The van der Waals surface area contributed by atoms with Crippen LogP contribution in [0.15, 0.2) is 18.2 Å². The topological polar surface area (TPSA) is 29.5 Å². The first-order valence-corrected chi connectivity index (χ1v) is 5.30. The molecular weight excluding hydrogens is 214 g/mol. The van der Waals surface area contributed by atoms with Crippen LogP contribution in [0.4, 0.5) is 8.78 Å². The predicted octanol–water partition coefficient (Wildman–Crippen LogP) is 2.75.